The number of rotatable bonds is 1. The van der Waals surface area contributed by atoms with E-state index in [4.69, 9.17) is 0 Å². The summed E-state index contributed by atoms with van der Waals surface area (Å²) in [6, 6.07) is 1.87. The molecule has 1 amide bonds. The fourth-order valence-electron chi connectivity index (χ4n) is 1.52. The molecule has 0 atom stereocenters. The monoisotopic (exact) mass is 388 g/mol. The minimum Gasteiger partial charge on any atom is -0.336 e. The summed E-state index contributed by atoms with van der Waals surface area (Å²) >= 11 is 8.32. The molecule has 0 saturated carbocycles. The van der Waals surface area contributed by atoms with Crippen LogP contribution in [0.25, 0.3) is 0 Å². The number of nitrogens with one attached hydrogen (secondary N) is 1. The van der Waals surface area contributed by atoms with Gasteiger partial charge in [-0.1, -0.05) is 0 Å². The summed E-state index contributed by atoms with van der Waals surface area (Å²) in [5.41, 5.74) is 0.758. The van der Waals surface area contributed by atoms with Gasteiger partial charge in [-0.25, -0.2) is 0 Å². The SMILES string of the molecule is Cl.O=C(c1cc(Br)sc1Br)N1CCNCC1. The van der Waals surface area contributed by atoms with Crippen LogP contribution in [0.2, 0.25) is 0 Å². The van der Waals surface area contributed by atoms with Crippen LogP contribution in [0.5, 0.6) is 0 Å². The lowest BCUT2D eigenvalue weighted by molar-refractivity contribution is 0.0735. The zero-order chi connectivity index (χ0) is 10.8. The van der Waals surface area contributed by atoms with Crippen LogP contribution in [-0.4, -0.2) is 37.0 Å². The zero-order valence-electron chi connectivity index (χ0n) is 8.33. The minimum absolute atomic E-state index is 0. The Morgan fingerprint density at radius 3 is 2.50 bits per heavy atom. The first-order chi connectivity index (χ1) is 7.18. The predicted molar refractivity (Wildman–Crippen MR) is 75.7 cm³/mol. The summed E-state index contributed by atoms with van der Waals surface area (Å²) in [6.07, 6.45) is 0. The Bertz CT molecular complexity index is 380. The third-order valence-corrected chi connectivity index (χ3v) is 4.63. The van der Waals surface area contributed by atoms with Crippen molar-refractivity contribution in [2.24, 2.45) is 0 Å². The molecule has 1 fully saturated rings. The van der Waals surface area contributed by atoms with E-state index >= 15 is 0 Å². The molecular weight excluding hydrogens is 379 g/mol. The molecular formula is C9H11Br2ClN2OS. The topological polar surface area (TPSA) is 32.3 Å². The van der Waals surface area contributed by atoms with Crippen molar-refractivity contribution in [3.8, 4) is 0 Å². The Kier molecular flexibility index (Phi) is 5.73. The smallest absolute Gasteiger partial charge is 0.255 e. The molecule has 0 spiro atoms. The number of amides is 1. The number of hydrogen-bond acceptors (Lipinski definition) is 3. The van der Waals surface area contributed by atoms with Crippen LogP contribution < -0.4 is 5.32 Å². The molecule has 0 aromatic carbocycles. The standard InChI is InChI=1S/C9H10Br2N2OS.ClH/c10-7-5-6(8(11)15-7)9(14)13-3-1-12-2-4-13;/h5,12H,1-4H2;1H. The zero-order valence-corrected chi connectivity index (χ0v) is 13.1. The van der Waals surface area contributed by atoms with E-state index in [9.17, 15) is 4.79 Å². The van der Waals surface area contributed by atoms with Crippen molar-refractivity contribution in [2.45, 2.75) is 0 Å². The van der Waals surface area contributed by atoms with Gasteiger partial charge in [0.05, 0.1) is 13.1 Å². The van der Waals surface area contributed by atoms with Gasteiger partial charge in [-0.3, -0.25) is 4.79 Å². The second-order valence-corrected chi connectivity index (χ2v) is 7.03. The molecule has 0 aliphatic carbocycles. The van der Waals surface area contributed by atoms with Gasteiger partial charge < -0.3 is 10.2 Å². The molecule has 2 heterocycles. The summed E-state index contributed by atoms with van der Waals surface area (Å²) in [6.45, 7) is 3.35. The molecule has 1 aliphatic heterocycles. The third-order valence-electron chi connectivity index (χ3n) is 2.29. The van der Waals surface area contributed by atoms with Crippen molar-refractivity contribution >= 4 is 61.5 Å². The molecule has 1 N–H and O–H groups in total. The van der Waals surface area contributed by atoms with Gasteiger partial charge >= 0.3 is 0 Å². The lowest BCUT2D eigenvalue weighted by atomic mass is 10.2. The van der Waals surface area contributed by atoms with Crippen LogP contribution in [0.4, 0.5) is 0 Å². The predicted octanol–water partition coefficient (Wildman–Crippen LogP) is 2.74. The molecule has 1 aromatic heterocycles. The number of piperazine rings is 1. The Balaban J connectivity index is 0.00000128. The number of thiophene rings is 1. The van der Waals surface area contributed by atoms with E-state index in [0.717, 1.165) is 39.3 Å². The summed E-state index contributed by atoms with van der Waals surface area (Å²) in [5, 5.41) is 3.23. The lowest BCUT2D eigenvalue weighted by Crippen LogP contribution is -2.46. The van der Waals surface area contributed by atoms with Gasteiger partial charge in [-0.2, -0.15) is 0 Å². The highest BCUT2D eigenvalue weighted by Crippen LogP contribution is 2.32. The fourth-order valence-corrected chi connectivity index (χ4v) is 4.30. The van der Waals surface area contributed by atoms with Gasteiger partial charge in [0.1, 0.15) is 0 Å². The van der Waals surface area contributed by atoms with E-state index in [1.807, 2.05) is 11.0 Å². The molecule has 7 heteroatoms. The Morgan fingerprint density at radius 2 is 2.00 bits per heavy atom. The van der Waals surface area contributed by atoms with Crippen molar-refractivity contribution in [3.05, 3.63) is 19.2 Å². The maximum absolute atomic E-state index is 12.1. The second-order valence-electron chi connectivity index (χ2n) is 3.28. The lowest BCUT2D eigenvalue weighted by Gasteiger charge is -2.27. The van der Waals surface area contributed by atoms with E-state index in [1.165, 1.54) is 11.3 Å². The quantitative estimate of drug-likeness (QED) is 0.800. The molecule has 16 heavy (non-hydrogen) atoms. The van der Waals surface area contributed by atoms with Crippen LogP contribution in [-0.2, 0) is 0 Å². The molecule has 1 aromatic rings. The number of halogens is 3. The van der Waals surface area contributed by atoms with Crippen molar-refractivity contribution < 1.29 is 4.79 Å². The van der Waals surface area contributed by atoms with E-state index in [-0.39, 0.29) is 18.3 Å². The molecule has 0 radical (unpaired) electrons. The molecule has 1 aliphatic rings. The van der Waals surface area contributed by atoms with E-state index in [1.54, 1.807) is 0 Å². The van der Waals surface area contributed by atoms with Crippen LogP contribution in [0.3, 0.4) is 0 Å². The van der Waals surface area contributed by atoms with Crippen LogP contribution in [0, 0.1) is 0 Å². The van der Waals surface area contributed by atoms with E-state index in [2.05, 4.69) is 37.2 Å². The molecule has 2 rings (SSSR count). The summed E-state index contributed by atoms with van der Waals surface area (Å²) < 4.78 is 1.88. The van der Waals surface area contributed by atoms with E-state index < -0.39 is 0 Å². The molecule has 90 valence electrons. The Hall–Kier alpha value is 0.380. The van der Waals surface area contributed by atoms with Crippen molar-refractivity contribution in [2.75, 3.05) is 26.2 Å². The first-order valence-electron chi connectivity index (χ1n) is 4.63. The van der Waals surface area contributed by atoms with Gasteiger partial charge in [0.25, 0.3) is 5.91 Å². The Morgan fingerprint density at radius 1 is 1.38 bits per heavy atom. The molecule has 0 bridgehead atoms. The molecule has 0 unspecified atom stereocenters. The van der Waals surface area contributed by atoms with Gasteiger partial charge in [-0.15, -0.1) is 23.7 Å². The maximum atomic E-state index is 12.1. The summed E-state index contributed by atoms with van der Waals surface area (Å²) in [4.78, 5) is 14.0. The summed E-state index contributed by atoms with van der Waals surface area (Å²) in [7, 11) is 0. The normalized spacial score (nSPS) is 15.8. The number of carbonyl (C=O) groups excluding carboxylic acids is 1. The third kappa shape index (κ3) is 3.20. The van der Waals surface area contributed by atoms with Crippen LogP contribution in [0.15, 0.2) is 13.6 Å². The highest BCUT2D eigenvalue weighted by Gasteiger charge is 2.21. The van der Waals surface area contributed by atoms with Gasteiger partial charge in [0, 0.05) is 26.2 Å². The number of hydrogen-bond donors (Lipinski definition) is 1. The van der Waals surface area contributed by atoms with Crippen molar-refractivity contribution in [1.29, 1.82) is 0 Å². The highest BCUT2D eigenvalue weighted by atomic mass is 79.9. The maximum Gasteiger partial charge on any atom is 0.255 e. The van der Waals surface area contributed by atoms with Gasteiger partial charge in [0.2, 0.25) is 0 Å². The largest absolute Gasteiger partial charge is 0.336 e. The second kappa shape index (κ2) is 6.35. The van der Waals surface area contributed by atoms with Crippen molar-refractivity contribution in [1.82, 2.24) is 10.2 Å². The number of nitrogens with zero attached hydrogens (tertiary/aromatic N) is 1. The highest BCUT2D eigenvalue weighted by molar-refractivity contribution is 9.12. The molecule has 1 saturated heterocycles. The summed E-state index contributed by atoms with van der Waals surface area (Å²) in [5.74, 6) is 0.116. The van der Waals surface area contributed by atoms with E-state index in [0.29, 0.717) is 0 Å². The van der Waals surface area contributed by atoms with Crippen LogP contribution in [0.1, 0.15) is 10.4 Å². The van der Waals surface area contributed by atoms with Crippen LogP contribution >= 0.6 is 55.6 Å². The van der Waals surface area contributed by atoms with Gasteiger partial charge in [0.15, 0.2) is 0 Å². The first-order valence-corrected chi connectivity index (χ1v) is 7.03. The first kappa shape index (κ1) is 14.4. The average Bonchev–Trinajstić information content (AvgIpc) is 2.58. The Labute approximate surface area is 121 Å². The minimum atomic E-state index is 0. The van der Waals surface area contributed by atoms with Crippen molar-refractivity contribution in [3.63, 3.8) is 0 Å². The molecule has 3 nitrogen and oxygen atoms in total. The fraction of sp³-hybridized carbons (Fsp3) is 0.444. The average molecular weight is 391 g/mol. The number of carbonyl (C=O) groups is 1. The van der Waals surface area contributed by atoms with Gasteiger partial charge in [-0.05, 0) is 37.9 Å².